The minimum atomic E-state index is -0.883. The zero-order chi connectivity index (χ0) is 15.5. The summed E-state index contributed by atoms with van der Waals surface area (Å²) in [5.41, 5.74) is 2.97. The molecule has 1 N–H and O–H groups in total. The summed E-state index contributed by atoms with van der Waals surface area (Å²) in [5.74, 6) is -0.883. The van der Waals surface area contributed by atoms with Gasteiger partial charge in [0, 0.05) is 10.8 Å². The van der Waals surface area contributed by atoms with E-state index in [-0.39, 0.29) is 0 Å². The molecule has 0 aliphatic carbocycles. The van der Waals surface area contributed by atoms with Crippen LogP contribution in [0.3, 0.4) is 0 Å². The number of para-hydroxylation sites is 1. The molecule has 2 aromatic carbocycles. The van der Waals surface area contributed by atoms with Gasteiger partial charge in [-0.1, -0.05) is 50.1 Å². The summed E-state index contributed by atoms with van der Waals surface area (Å²) < 4.78 is 0. The summed E-state index contributed by atoms with van der Waals surface area (Å²) >= 11 is 0. The maximum atomic E-state index is 11.9. The Morgan fingerprint density at radius 2 is 1.82 bits per heavy atom. The van der Waals surface area contributed by atoms with Crippen LogP contribution in [0.4, 0.5) is 0 Å². The van der Waals surface area contributed by atoms with Gasteiger partial charge in [-0.15, -0.1) is 0 Å². The van der Waals surface area contributed by atoms with Crippen molar-refractivity contribution in [3.05, 3.63) is 53.6 Å². The fraction of sp³-hybridized carbons (Fsp3) is 0.263. The summed E-state index contributed by atoms with van der Waals surface area (Å²) in [7, 11) is 0. The van der Waals surface area contributed by atoms with Crippen molar-refractivity contribution in [2.24, 2.45) is 0 Å². The van der Waals surface area contributed by atoms with Crippen molar-refractivity contribution in [2.75, 3.05) is 0 Å². The van der Waals surface area contributed by atoms with E-state index in [1.54, 1.807) is 0 Å². The normalized spacial score (nSPS) is 11.1. The molecular weight excluding hydrogens is 274 g/mol. The molecule has 0 unspecified atom stereocenters. The number of unbranched alkanes of at least 4 members (excludes halogenated alkanes) is 2. The summed E-state index contributed by atoms with van der Waals surface area (Å²) in [6, 6.07) is 13.4. The van der Waals surface area contributed by atoms with Crippen molar-refractivity contribution >= 4 is 27.8 Å². The van der Waals surface area contributed by atoms with E-state index in [4.69, 9.17) is 0 Å². The van der Waals surface area contributed by atoms with Crippen LogP contribution in [0.15, 0.2) is 42.5 Å². The van der Waals surface area contributed by atoms with Crippen molar-refractivity contribution in [2.45, 2.75) is 32.6 Å². The Hall–Kier alpha value is -2.42. The molecule has 112 valence electrons. The lowest BCUT2D eigenvalue weighted by molar-refractivity contribution is 0.0701. The van der Waals surface area contributed by atoms with Crippen molar-refractivity contribution < 1.29 is 9.90 Å². The Morgan fingerprint density at radius 3 is 2.59 bits per heavy atom. The third-order valence-corrected chi connectivity index (χ3v) is 4.06. The van der Waals surface area contributed by atoms with Crippen molar-refractivity contribution in [3.63, 3.8) is 0 Å². The topological polar surface area (TPSA) is 50.2 Å². The summed E-state index contributed by atoms with van der Waals surface area (Å²) in [6.07, 6.45) is 4.27. The largest absolute Gasteiger partial charge is 0.478 e. The number of pyridine rings is 1. The van der Waals surface area contributed by atoms with Gasteiger partial charge in [0.1, 0.15) is 0 Å². The van der Waals surface area contributed by atoms with E-state index < -0.39 is 5.97 Å². The number of rotatable bonds is 5. The Labute approximate surface area is 129 Å². The molecule has 0 saturated carbocycles. The van der Waals surface area contributed by atoms with Gasteiger partial charge in [0.2, 0.25) is 0 Å². The number of aryl methyl sites for hydroxylation is 1. The van der Waals surface area contributed by atoms with Crippen LogP contribution in [0, 0.1) is 0 Å². The lowest BCUT2D eigenvalue weighted by Gasteiger charge is -2.11. The van der Waals surface area contributed by atoms with Crippen LogP contribution < -0.4 is 0 Å². The van der Waals surface area contributed by atoms with Gasteiger partial charge in [0.15, 0.2) is 0 Å². The molecule has 0 saturated heterocycles. The number of hydrogen-bond acceptors (Lipinski definition) is 2. The predicted molar refractivity (Wildman–Crippen MR) is 89.4 cm³/mol. The molecule has 0 radical (unpaired) electrons. The van der Waals surface area contributed by atoms with E-state index in [0.717, 1.165) is 47.7 Å². The molecule has 3 rings (SSSR count). The highest BCUT2D eigenvalue weighted by molar-refractivity contribution is 6.14. The van der Waals surface area contributed by atoms with E-state index >= 15 is 0 Å². The second-order valence-electron chi connectivity index (χ2n) is 5.58. The van der Waals surface area contributed by atoms with Crippen LogP contribution in [-0.4, -0.2) is 16.1 Å². The van der Waals surface area contributed by atoms with Gasteiger partial charge in [-0.05, 0) is 30.5 Å². The maximum Gasteiger partial charge on any atom is 0.337 e. The van der Waals surface area contributed by atoms with Gasteiger partial charge in [-0.25, -0.2) is 9.78 Å². The number of carboxylic acids is 1. The van der Waals surface area contributed by atoms with E-state index in [1.807, 2.05) is 42.5 Å². The second kappa shape index (κ2) is 6.14. The van der Waals surface area contributed by atoms with Crippen LogP contribution in [0.2, 0.25) is 0 Å². The summed E-state index contributed by atoms with van der Waals surface area (Å²) in [4.78, 5) is 16.5. The number of aromatic carboxylic acids is 1. The number of hydrogen-bond donors (Lipinski definition) is 1. The number of benzene rings is 2. The number of carboxylic acid groups (broad SMARTS) is 1. The predicted octanol–water partition coefficient (Wildman–Crippen LogP) is 4.82. The number of nitrogens with zero attached hydrogens (tertiary/aromatic N) is 1. The third kappa shape index (κ3) is 2.54. The van der Waals surface area contributed by atoms with Crippen molar-refractivity contribution in [3.8, 4) is 0 Å². The molecule has 3 aromatic rings. The van der Waals surface area contributed by atoms with E-state index in [2.05, 4.69) is 11.9 Å². The Kier molecular flexibility index (Phi) is 4.05. The molecule has 1 heterocycles. The molecule has 3 nitrogen and oxygen atoms in total. The van der Waals surface area contributed by atoms with Gasteiger partial charge < -0.3 is 5.11 Å². The van der Waals surface area contributed by atoms with Crippen LogP contribution in [0.1, 0.15) is 42.1 Å². The fourth-order valence-corrected chi connectivity index (χ4v) is 3.01. The highest BCUT2D eigenvalue weighted by Gasteiger charge is 2.17. The molecule has 1 aromatic heterocycles. The quantitative estimate of drug-likeness (QED) is 0.542. The first kappa shape index (κ1) is 14.5. The van der Waals surface area contributed by atoms with E-state index in [9.17, 15) is 9.90 Å². The van der Waals surface area contributed by atoms with Crippen molar-refractivity contribution in [1.82, 2.24) is 4.98 Å². The molecular formula is C19H19NO2. The zero-order valence-corrected chi connectivity index (χ0v) is 12.7. The highest BCUT2D eigenvalue weighted by Crippen LogP contribution is 2.29. The number of aromatic nitrogens is 1. The molecule has 0 aliphatic heterocycles. The molecule has 0 fully saturated rings. The Morgan fingerprint density at radius 1 is 1.05 bits per heavy atom. The lowest BCUT2D eigenvalue weighted by Crippen LogP contribution is -2.03. The molecule has 0 aliphatic rings. The molecule has 0 amide bonds. The van der Waals surface area contributed by atoms with Gasteiger partial charge in [0.25, 0.3) is 0 Å². The van der Waals surface area contributed by atoms with Gasteiger partial charge in [-0.3, -0.25) is 0 Å². The lowest BCUT2D eigenvalue weighted by atomic mass is 9.95. The van der Waals surface area contributed by atoms with Crippen LogP contribution in [0.5, 0.6) is 0 Å². The average Bonchev–Trinajstić information content (AvgIpc) is 2.52. The van der Waals surface area contributed by atoms with Crippen LogP contribution in [-0.2, 0) is 6.42 Å². The van der Waals surface area contributed by atoms with Crippen LogP contribution in [0.25, 0.3) is 21.8 Å². The Balaban J connectivity index is 2.30. The van der Waals surface area contributed by atoms with Crippen LogP contribution >= 0.6 is 0 Å². The standard InChI is InChI=1S/C19H19NO2/c1-2-3-4-8-13-9-7-12-16-17(13)18(19(21)22)14-10-5-6-11-15(14)20-16/h5-7,9-12H,2-4,8H2,1H3,(H,21,22). The molecule has 22 heavy (non-hydrogen) atoms. The van der Waals surface area contributed by atoms with Gasteiger partial charge in [0.05, 0.1) is 16.6 Å². The average molecular weight is 293 g/mol. The fourth-order valence-electron chi connectivity index (χ4n) is 3.01. The van der Waals surface area contributed by atoms with Crippen molar-refractivity contribution in [1.29, 1.82) is 0 Å². The third-order valence-electron chi connectivity index (χ3n) is 4.06. The number of fused-ring (bicyclic) bond motifs is 2. The Bertz CT molecular complexity index is 839. The number of carbonyl (C=O) groups is 1. The first-order valence-electron chi connectivity index (χ1n) is 7.76. The van der Waals surface area contributed by atoms with Gasteiger partial charge >= 0.3 is 5.97 Å². The summed E-state index contributed by atoms with van der Waals surface area (Å²) in [6.45, 7) is 2.17. The molecule has 0 bridgehead atoms. The SMILES string of the molecule is CCCCCc1cccc2nc3ccccc3c(C(=O)O)c12. The minimum Gasteiger partial charge on any atom is -0.478 e. The molecule has 3 heteroatoms. The molecule has 0 atom stereocenters. The highest BCUT2D eigenvalue weighted by atomic mass is 16.4. The maximum absolute atomic E-state index is 11.9. The smallest absolute Gasteiger partial charge is 0.337 e. The first-order chi connectivity index (χ1) is 10.7. The van der Waals surface area contributed by atoms with E-state index in [1.165, 1.54) is 0 Å². The first-order valence-corrected chi connectivity index (χ1v) is 7.76. The minimum absolute atomic E-state index is 0.382. The van der Waals surface area contributed by atoms with E-state index in [0.29, 0.717) is 10.9 Å². The molecule has 0 spiro atoms. The second-order valence-corrected chi connectivity index (χ2v) is 5.58. The summed E-state index contributed by atoms with van der Waals surface area (Å²) in [5, 5.41) is 11.3. The zero-order valence-electron chi connectivity index (χ0n) is 12.7. The van der Waals surface area contributed by atoms with Gasteiger partial charge in [-0.2, -0.15) is 0 Å². The monoisotopic (exact) mass is 293 g/mol.